The molecule has 0 radical (unpaired) electrons. The molecule has 1 fully saturated rings. The van der Waals surface area contributed by atoms with Gasteiger partial charge in [-0.15, -0.1) is 0 Å². The van der Waals surface area contributed by atoms with Crippen LogP contribution in [0.1, 0.15) is 18.4 Å². The fourth-order valence-corrected chi connectivity index (χ4v) is 3.94. The van der Waals surface area contributed by atoms with Crippen LogP contribution >= 0.6 is 0 Å². The van der Waals surface area contributed by atoms with Crippen molar-refractivity contribution in [1.29, 1.82) is 0 Å². The number of allylic oxidation sites excluding steroid dienone is 1. The number of likely N-dealkylation sites (N-methyl/N-ethyl adjacent to an activating group) is 1. The summed E-state index contributed by atoms with van der Waals surface area (Å²) < 4.78 is 0. The largest absolute Gasteiger partial charge is 0.361 e. The van der Waals surface area contributed by atoms with Crippen molar-refractivity contribution in [2.75, 3.05) is 37.4 Å². The number of rotatable bonds is 9. The SMILES string of the molecule is CN(C)CCN(Cc1cccc2[nH]ccc12)c1nccc(NC2C=C(C3CC3)NN2)n1. The van der Waals surface area contributed by atoms with Gasteiger partial charge in [0.25, 0.3) is 0 Å². The third-order valence-corrected chi connectivity index (χ3v) is 5.83. The summed E-state index contributed by atoms with van der Waals surface area (Å²) in [5.41, 5.74) is 10.3. The minimum Gasteiger partial charge on any atom is -0.361 e. The van der Waals surface area contributed by atoms with Crippen molar-refractivity contribution in [2.45, 2.75) is 25.6 Å². The quantitative estimate of drug-likeness (QED) is 0.425. The maximum Gasteiger partial charge on any atom is 0.227 e. The van der Waals surface area contributed by atoms with Crippen molar-refractivity contribution in [2.24, 2.45) is 5.92 Å². The average Bonchev–Trinajstić information content (AvgIpc) is 3.31. The Labute approximate surface area is 182 Å². The third-order valence-electron chi connectivity index (χ3n) is 5.83. The molecular formula is C23H30N8. The van der Waals surface area contributed by atoms with Gasteiger partial charge in [-0.1, -0.05) is 12.1 Å². The highest BCUT2D eigenvalue weighted by molar-refractivity contribution is 5.83. The van der Waals surface area contributed by atoms with Crippen molar-refractivity contribution in [3.05, 3.63) is 60.1 Å². The molecule has 8 nitrogen and oxygen atoms in total. The number of anilines is 2. The molecule has 2 aromatic heterocycles. The van der Waals surface area contributed by atoms with Crippen molar-refractivity contribution in [3.8, 4) is 0 Å². The van der Waals surface area contributed by atoms with Crippen LogP contribution in [-0.4, -0.2) is 53.2 Å². The van der Waals surface area contributed by atoms with E-state index in [0.717, 1.165) is 36.9 Å². The molecule has 1 aromatic carbocycles. The standard InChI is InChI=1S/C23H30N8/c1-30(2)12-13-31(15-17-4-3-5-19-18(17)8-10-24-19)23-25-11-9-21(27-23)26-22-14-20(28-29-22)16-6-7-16/h3-5,8-11,14,16,22,24,28-29H,6-7,12-13,15H2,1-2H3,(H,25,26,27). The maximum absolute atomic E-state index is 4.84. The number of H-pyrrole nitrogens is 1. The molecule has 0 amide bonds. The van der Waals surface area contributed by atoms with E-state index in [0.29, 0.717) is 5.92 Å². The second-order valence-corrected chi connectivity index (χ2v) is 8.61. The lowest BCUT2D eigenvalue weighted by Gasteiger charge is -2.25. The van der Waals surface area contributed by atoms with E-state index >= 15 is 0 Å². The second kappa shape index (κ2) is 8.56. The monoisotopic (exact) mass is 418 g/mol. The Balaban J connectivity index is 1.36. The molecule has 0 bridgehead atoms. The van der Waals surface area contributed by atoms with Gasteiger partial charge < -0.3 is 25.5 Å². The highest BCUT2D eigenvalue weighted by Crippen LogP contribution is 2.36. The maximum atomic E-state index is 4.84. The number of nitrogens with zero attached hydrogens (tertiary/aromatic N) is 4. The number of hydrogen-bond acceptors (Lipinski definition) is 7. The van der Waals surface area contributed by atoms with E-state index in [9.17, 15) is 0 Å². The van der Waals surface area contributed by atoms with Gasteiger partial charge in [0.1, 0.15) is 12.0 Å². The molecule has 1 aliphatic heterocycles. The van der Waals surface area contributed by atoms with Crippen molar-refractivity contribution in [1.82, 2.24) is 30.7 Å². The first kappa shape index (κ1) is 19.8. The Hall–Kier alpha value is -3.10. The van der Waals surface area contributed by atoms with Gasteiger partial charge in [-0.05, 0) is 62.7 Å². The zero-order chi connectivity index (χ0) is 21.2. The summed E-state index contributed by atoms with van der Waals surface area (Å²) in [6.45, 7) is 2.51. The van der Waals surface area contributed by atoms with Gasteiger partial charge in [-0.2, -0.15) is 4.98 Å². The molecule has 31 heavy (non-hydrogen) atoms. The molecular weight excluding hydrogens is 388 g/mol. The molecule has 3 heterocycles. The molecule has 1 saturated carbocycles. The van der Waals surface area contributed by atoms with E-state index < -0.39 is 0 Å². The normalized spacial score (nSPS) is 18.3. The number of fused-ring (bicyclic) bond motifs is 1. The van der Waals surface area contributed by atoms with Crippen LogP contribution in [-0.2, 0) is 6.54 Å². The Morgan fingerprint density at radius 2 is 2.03 bits per heavy atom. The molecule has 1 unspecified atom stereocenters. The van der Waals surface area contributed by atoms with Gasteiger partial charge in [-0.25, -0.2) is 10.4 Å². The van der Waals surface area contributed by atoms with Gasteiger partial charge in [0, 0.05) is 48.6 Å². The summed E-state index contributed by atoms with van der Waals surface area (Å²) in [4.78, 5) is 17.2. The summed E-state index contributed by atoms with van der Waals surface area (Å²) >= 11 is 0. The van der Waals surface area contributed by atoms with Gasteiger partial charge in [-0.3, -0.25) is 0 Å². The molecule has 4 N–H and O–H groups in total. The molecule has 0 saturated heterocycles. The molecule has 5 rings (SSSR count). The van der Waals surface area contributed by atoms with E-state index in [-0.39, 0.29) is 6.17 Å². The number of hydrogen-bond donors (Lipinski definition) is 4. The van der Waals surface area contributed by atoms with Crippen LogP contribution in [0, 0.1) is 5.92 Å². The first-order chi connectivity index (χ1) is 15.2. The summed E-state index contributed by atoms with van der Waals surface area (Å²) in [6.07, 6.45) is 8.63. The number of aromatic amines is 1. The molecule has 1 aliphatic carbocycles. The van der Waals surface area contributed by atoms with Crippen molar-refractivity contribution >= 4 is 22.7 Å². The highest BCUT2D eigenvalue weighted by atomic mass is 15.5. The summed E-state index contributed by atoms with van der Waals surface area (Å²) in [5.74, 6) is 2.24. The molecule has 8 heteroatoms. The zero-order valence-corrected chi connectivity index (χ0v) is 18.1. The predicted octanol–water partition coefficient (Wildman–Crippen LogP) is 2.67. The van der Waals surface area contributed by atoms with E-state index in [1.165, 1.54) is 29.5 Å². The molecule has 1 atom stereocenters. The van der Waals surface area contributed by atoms with Crippen molar-refractivity contribution < 1.29 is 0 Å². The van der Waals surface area contributed by atoms with Crippen LogP contribution in [0.2, 0.25) is 0 Å². The van der Waals surface area contributed by atoms with Gasteiger partial charge >= 0.3 is 0 Å². The smallest absolute Gasteiger partial charge is 0.227 e. The highest BCUT2D eigenvalue weighted by Gasteiger charge is 2.30. The van der Waals surface area contributed by atoms with E-state index in [4.69, 9.17) is 4.98 Å². The summed E-state index contributed by atoms with van der Waals surface area (Å²) in [7, 11) is 4.18. The van der Waals surface area contributed by atoms with Gasteiger partial charge in [0.2, 0.25) is 5.95 Å². The van der Waals surface area contributed by atoms with Crippen LogP contribution in [0.4, 0.5) is 11.8 Å². The molecule has 2 aliphatic rings. The van der Waals surface area contributed by atoms with Crippen molar-refractivity contribution in [3.63, 3.8) is 0 Å². The van der Waals surface area contributed by atoms with Crippen LogP contribution in [0.5, 0.6) is 0 Å². The Morgan fingerprint density at radius 3 is 2.87 bits per heavy atom. The van der Waals surface area contributed by atoms with E-state index in [2.05, 4.69) is 80.4 Å². The first-order valence-corrected chi connectivity index (χ1v) is 10.9. The van der Waals surface area contributed by atoms with Gasteiger partial charge in [0.15, 0.2) is 0 Å². The summed E-state index contributed by atoms with van der Waals surface area (Å²) in [5, 5.41) is 4.70. The number of aromatic nitrogens is 3. The molecule has 3 aromatic rings. The minimum absolute atomic E-state index is 0.0298. The number of benzene rings is 1. The number of hydrazine groups is 1. The lowest BCUT2D eigenvalue weighted by Crippen LogP contribution is -2.37. The first-order valence-electron chi connectivity index (χ1n) is 10.9. The van der Waals surface area contributed by atoms with E-state index in [1.54, 1.807) is 0 Å². The lowest BCUT2D eigenvalue weighted by molar-refractivity contribution is 0.411. The predicted molar refractivity (Wildman–Crippen MR) is 124 cm³/mol. The van der Waals surface area contributed by atoms with E-state index in [1.807, 2.05) is 18.5 Å². The fraction of sp³-hybridized carbons (Fsp3) is 0.391. The Bertz CT molecular complexity index is 1070. The van der Waals surface area contributed by atoms with Crippen LogP contribution < -0.4 is 21.1 Å². The van der Waals surface area contributed by atoms with Crippen LogP contribution in [0.25, 0.3) is 10.9 Å². The zero-order valence-electron chi connectivity index (χ0n) is 18.1. The Morgan fingerprint density at radius 1 is 1.13 bits per heavy atom. The second-order valence-electron chi connectivity index (χ2n) is 8.61. The molecule has 0 spiro atoms. The molecule has 162 valence electrons. The lowest BCUT2D eigenvalue weighted by atomic mass is 10.1. The summed E-state index contributed by atoms with van der Waals surface area (Å²) in [6, 6.07) is 10.4. The van der Waals surface area contributed by atoms with Gasteiger partial charge in [0.05, 0.1) is 0 Å². The number of nitrogens with one attached hydrogen (secondary N) is 4. The van der Waals surface area contributed by atoms with Crippen LogP contribution in [0.3, 0.4) is 0 Å². The van der Waals surface area contributed by atoms with Crippen LogP contribution in [0.15, 0.2) is 54.5 Å². The minimum atomic E-state index is 0.0298. The topological polar surface area (TPSA) is 84.1 Å². The average molecular weight is 419 g/mol. The third kappa shape index (κ3) is 4.65. The Kier molecular flexibility index (Phi) is 5.48. The fourth-order valence-electron chi connectivity index (χ4n) is 3.94.